The van der Waals surface area contributed by atoms with Crippen molar-refractivity contribution in [2.45, 2.75) is 90.9 Å². The minimum atomic E-state index is -0.537. The van der Waals surface area contributed by atoms with Crippen LogP contribution < -0.4 is 4.90 Å². The number of hydrogen-bond acceptors (Lipinski definition) is 4. The molecule has 38 heavy (non-hydrogen) atoms. The molecular weight excluding hydrogens is 468 g/mol. The zero-order valence-electron chi connectivity index (χ0n) is 23.4. The standard InChI is InChI=1S/C34H42N2O2/c1-4-17-34(31(37)5-2)18-16-30-28-14-10-24-21-25(35-38)11-15-27(24)32(28)29(22-33(30,34)3)23-8-12-26(13-9-23)36-19-6-7-20-36/h8-9,12-13,21,28-30,38H,5-7,10-11,14-16,18-20,22H2,1-3H3/t28-,29+,30-,33-,34+/m0/s1. The monoisotopic (exact) mass is 510 g/mol. The van der Waals surface area contributed by atoms with E-state index in [1.165, 1.54) is 35.2 Å². The van der Waals surface area contributed by atoms with E-state index >= 15 is 0 Å². The molecule has 0 amide bonds. The van der Waals surface area contributed by atoms with Gasteiger partial charge in [-0.2, -0.15) is 0 Å². The summed E-state index contributed by atoms with van der Waals surface area (Å²) in [6, 6.07) is 9.41. The molecule has 4 aliphatic carbocycles. The normalized spacial score (nSPS) is 35.2. The molecule has 1 aromatic rings. The van der Waals surface area contributed by atoms with Crippen molar-refractivity contribution in [2.75, 3.05) is 18.0 Å². The van der Waals surface area contributed by atoms with Crippen molar-refractivity contribution in [2.24, 2.45) is 27.8 Å². The van der Waals surface area contributed by atoms with Crippen molar-refractivity contribution in [1.29, 1.82) is 0 Å². The van der Waals surface area contributed by atoms with E-state index in [0.717, 1.165) is 63.7 Å². The summed E-state index contributed by atoms with van der Waals surface area (Å²) in [5.41, 5.74) is 7.37. The molecule has 4 nitrogen and oxygen atoms in total. The number of hydrogen-bond donors (Lipinski definition) is 1. The summed E-state index contributed by atoms with van der Waals surface area (Å²) < 4.78 is 0. The summed E-state index contributed by atoms with van der Waals surface area (Å²) in [7, 11) is 0. The van der Waals surface area contributed by atoms with Gasteiger partial charge in [-0.15, -0.1) is 5.92 Å². The Hall–Kier alpha value is -2.80. The van der Waals surface area contributed by atoms with E-state index in [1.54, 1.807) is 5.57 Å². The predicted octanol–water partition coefficient (Wildman–Crippen LogP) is 7.44. The van der Waals surface area contributed by atoms with E-state index in [1.807, 2.05) is 13.8 Å². The zero-order valence-corrected chi connectivity index (χ0v) is 23.4. The van der Waals surface area contributed by atoms with Gasteiger partial charge in [-0.05, 0) is 117 Å². The number of carbonyl (C=O) groups is 1. The molecule has 4 heteroatoms. The van der Waals surface area contributed by atoms with E-state index in [-0.39, 0.29) is 5.41 Å². The molecule has 0 unspecified atom stereocenters. The second kappa shape index (κ2) is 9.74. The van der Waals surface area contributed by atoms with Gasteiger partial charge in [0.2, 0.25) is 0 Å². The summed E-state index contributed by atoms with van der Waals surface area (Å²) in [5, 5.41) is 13.0. The average Bonchev–Trinajstić information content (AvgIpc) is 3.59. The highest BCUT2D eigenvalue weighted by molar-refractivity contribution is 5.97. The molecule has 0 spiro atoms. The van der Waals surface area contributed by atoms with Gasteiger partial charge in [0, 0.05) is 31.1 Å². The van der Waals surface area contributed by atoms with Crippen LogP contribution in [0.3, 0.4) is 0 Å². The Labute approximate surface area is 228 Å². The largest absolute Gasteiger partial charge is 0.411 e. The van der Waals surface area contributed by atoms with Gasteiger partial charge in [-0.25, -0.2) is 0 Å². The molecule has 1 heterocycles. The maximum absolute atomic E-state index is 13.7. The van der Waals surface area contributed by atoms with E-state index in [0.29, 0.717) is 30.0 Å². The molecule has 1 aliphatic heterocycles. The fourth-order valence-electron chi connectivity index (χ4n) is 9.22. The molecule has 0 radical (unpaired) electrons. The number of nitrogens with zero attached hydrogens (tertiary/aromatic N) is 2. The van der Waals surface area contributed by atoms with Crippen molar-refractivity contribution in [3.05, 3.63) is 52.6 Å². The van der Waals surface area contributed by atoms with Crippen LogP contribution in [0.5, 0.6) is 0 Å². The summed E-state index contributed by atoms with van der Waals surface area (Å²) in [6.45, 7) is 8.65. The minimum absolute atomic E-state index is 0.135. The van der Waals surface area contributed by atoms with Crippen LogP contribution in [-0.4, -0.2) is 29.8 Å². The summed E-state index contributed by atoms with van der Waals surface area (Å²) in [4.78, 5) is 16.2. The number of carbonyl (C=O) groups excluding carboxylic acids is 1. The van der Waals surface area contributed by atoms with Crippen LogP contribution in [0.4, 0.5) is 5.69 Å². The second-order valence-corrected chi connectivity index (χ2v) is 12.5. The van der Waals surface area contributed by atoms with Gasteiger partial charge in [-0.1, -0.05) is 42.6 Å². The Morgan fingerprint density at radius 3 is 2.58 bits per heavy atom. The Kier molecular flexibility index (Phi) is 6.53. The zero-order chi connectivity index (χ0) is 26.5. The van der Waals surface area contributed by atoms with Crippen LogP contribution in [0.15, 0.2) is 52.2 Å². The van der Waals surface area contributed by atoms with Gasteiger partial charge >= 0.3 is 0 Å². The predicted molar refractivity (Wildman–Crippen MR) is 154 cm³/mol. The van der Waals surface area contributed by atoms with Gasteiger partial charge in [0.15, 0.2) is 5.78 Å². The Balaban J connectivity index is 1.49. The number of Topliss-reactive ketones (excluding diaryl/α,β-unsaturated/α-hetero) is 1. The van der Waals surface area contributed by atoms with Gasteiger partial charge in [0.05, 0.1) is 11.1 Å². The quantitative estimate of drug-likeness (QED) is 0.260. The van der Waals surface area contributed by atoms with Crippen LogP contribution >= 0.6 is 0 Å². The first-order chi connectivity index (χ1) is 18.5. The fourth-order valence-corrected chi connectivity index (χ4v) is 9.22. The smallest absolute Gasteiger partial charge is 0.151 e. The lowest BCUT2D eigenvalue weighted by atomic mass is 9.48. The van der Waals surface area contributed by atoms with Crippen molar-refractivity contribution in [3.8, 4) is 11.8 Å². The number of benzene rings is 1. The Morgan fingerprint density at radius 1 is 1.13 bits per heavy atom. The molecule has 1 N–H and O–H groups in total. The first kappa shape index (κ1) is 25.5. The Bertz CT molecular complexity index is 1270. The van der Waals surface area contributed by atoms with Crippen molar-refractivity contribution in [1.82, 2.24) is 0 Å². The number of fused-ring (bicyclic) bond motifs is 4. The maximum atomic E-state index is 13.7. The number of oxime groups is 1. The van der Waals surface area contributed by atoms with Crippen molar-refractivity contribution in [3.63, 3.8) is 0 Å². The maximum Gasteiger partial charge on any atom is 0.151 e. The third kappa shape index (κ3) is 3.72. The number of rotatable bonds is 4. The van der Waals surface area contributed by atoms with Crippen LogP contribution in [-0.2, 0) is 4.79 Å². The van der Waals surface area contributed by atoms with E-state index in [9.17, 15) is 10.0 Å². The van der Waals surface area contributed by atoms with Gasteiger partial charge in [0.25, 0.3) is 0 Å². The molecule has 1 aromatic carbocycles. The lowest BCUT2D eigenvalue weighted by Gasteiger charge is -2.54. The molecule has 1 saturated heterocycles. The number of allylic oxidation sites excluding steroid dienone is 4. The van der Waals surface area contributed by atoms with Crippen molar-refractivity contribution >= 4 is 17.2 Å². The Morgan fingerprint density at radius 2 is 1.89 bits per heavy atom. The van der Waals surface area contributed by atoms with Crippen LogP contribution in [0.1, 0.15) is 96.5 Å². The molecule has 0 bridgehead atoms. The molecule has 6 rings (SSSR count). The summed E-state index contributed by atoms with van der Waals surface area (Å²) in [6.07, 6.45) is 12.1. The molecule has 3 fully saturated rings. The molecular formula is C34H42N2O2. The first-order valence-corrected chi connectivity index (χ1v) is 14.9. The third-order valence-corrected chi connectivity index (χ3v) is 11.0. The lowest BCUT2D eigenvalue weighted by molar-refractivity contribution is -0.132. The molecule has 2 saturated carbocycles. The topological polar surface area (TPSA) is 52.9 Å². The third-order valence-electron chi connectivity index (χ3n) is 11.0. The lowest BCUT2D eigenvalue weighted by Crippen LogP contribution is -2.50. The van der Waals surface area contributed by atoms with E-state index in [2.05, 4.69) is 59.2 Å². The highest BCUT2D eigenvalue weighted by Crippen LogP contribution is 2.69. The highest BCUT2D eigenvalue weighted by atomic mass is 16.4. The summed E-state index contributed by atoms with van der Waals surface area (Å²) >= 11 is 0. The van der Waals surface area contributed by atoms with Gasteiger partial charge in [0.1, 0.15) is 0 Å². The highest BCUT2D eigenvalue weighted by Gasteiger charge is 2.65. The number of anilines is 1. The second-order valence-electron chi connectivity index (χ2n) is 12.5. The SMILES string of the molecule is CC#C[C@]1(C(=O)CC)CC[C@H]2[C@@H]3CCC4=CC(=NO)CCC4=C3[C@@H](c3ccc(N4CCCC4)cc3)C[C@@]21C. The molecule has 200 valence electrons. The molecule has 0 aromatic heterocycles. The summed E-state index contributed by atoms with van der Waals surface area (Å²) in [5.74, 6) is 8.37. The minimum Gasteiger partial charge on any atom is -0.411 e. The first-order valence-electron chi connectivity index (χ1n) is 14.9. The number of ketones is 1. The fraction of sp³-hybridized carbons (Fsp3) is 0.588. The molecule has 5 atom stereocenters. The van der Waals surface area contributed by atoms with Gasteiger partial charge < -0.3 is 10.1 Å². The molecule has 5 aliphatic rings. The van der Waals surface area contributed by atoms with Crippen LogP contribution in [0.25, 0.3) is 0 Å². The van der Waals surface area contributed by atoms with Crippen LogP contribution in [0, 0.1) is 34.5 Å². The van der Waals surface area contributed by atoms with E-state index < -0.39 is 5.41 Å². The average molecular weight is 511 g/mol. The van der Waals surface area contributed by atoms with Crippen LogP contribution in [0.2, 0.25) is 0 Å². The van der Waals surface area contributed by atoms with Crippen molar-refractivity contribution < 1.29 is 10.0 Å². The van der Waals surface area contributed by atoms with E-state index in [4.69, 9.17) is 0 Å². The van der Waals surface area contributed by atoms with Gasteiger partial charge in [-0.3, -0.25) is 4.79 Å².